The van der Waals surface area contributed by atoms with E-state index in [1.165, 1.54) is 20.0 Å². The van der Waals surface area contributed by atoms with Gasteiger partial charge in [0, 0.05) is 14.0 Å². The van der Waals surface area contributed by atoms with Crippen LogP contribution in [0, 0.1) is 0 Å². The smallest absolute Gasteiger partial charge is 0.268 e. The minimum Gasteiger partial charge on any atom is -0.357 e. The Morgan fingerprint density at radius 1 is 1.25 bits per heavy atom. The van der Waals surface area contributed by atoms with Gasteiger partial charge < -0.3 is 16.0 Å². The molecule has 16 heavy (non-hydrogen) atoms. The molecule has 6 heteroatoms. The highest BCUT2D eigenvalue weighted by Crippen LogP contribution is 1.91. The summed E-state index contributed by atoms with van der Waals surface area (Å²) in [7, 11) is 1.48. The molecule has 3 N–H and O–H groups in total. The number of carbonyl (C=O) groups excluding carboxylic acids is 3. The summed E-state index contributed by atoms with van der Waals surface area (Å²) in [6, 6.07) is -0.652. The standard InChI is InChI=1S/C10H17N3O3/c1-5-8(13-7(3)14)10(16)12-6(2)9(15)11-4/h5-6H,1-4H3,(H,11,15)(H,12,16)(H,13,14)/b8-5+/t6-/m0/s1. The fourth-order valence-electron chi connectivity index (χ4n) is 1.01. The Hall–Kier alpha value is -1.85. The third kappa shape index (κ3) is 4.59. The van der Waals surface area contributed by atoms with Gasteiger partial charge in [0.15, 0.2) is 0 Å². The first kappa shape index (κ1) is 14.2. The molecule has 3 amide bonds. The summed E-state index contributed by atoms with van der Waals surface area (Å²) in [6.07, 6.45) is 1.47. The van der Waals surface area contributed by atoms with Crippen molar-refractivity contribution in [2.45, 2.75) is 26.8 Å². The van der Waals surface area contributed by atoms with E-state index in [0.29, 0.717) is 0 Å². The summed E-state index contributed by atoms with van der Waals surface area (Å²) in [5, 5.41) is 7.23. The predicted octanol–water partition coefficient (Wildman–Crippen LogP) is -0.723. The van der Waals surface area contributed by atoms with Crippen molar-refractivity contribution in [1.82, 2.24) is 16.0 Å². The van der Waals surface area contributed by atoms with Crippen LogP contribution in [0.25, 0.3) is 0 Å². The van der Waals surface area contributed by atoms with Crippen molar-refractivity contribution in [3.8, 4) is 0 Å². The van der Waals surface area contributed by atoms with Crippen molar-refractivity contribution in [2.24, 2.45) is 0 Å². The van der Waals surface area contributed by atoms with Crippen molar-refractivity contribution in [1.29, 1.82) is 0 Å². The Kier molecular flexibility index (Phi) is 5.84. The lowest BCUT2D eigenvalue weighted by atomic mass is 10.3. The Labute approximate surface area is 94.5 Å². The molecule has 0 heterocycles. The maximum Gasteiger partial charge on any atom is 0.268 e. The number of hydrogen-bond donors (Lipinski definition) is 3. The molecule has 0 aromatic carbocycles. The van der Waals surface area contributed by atoms with E-state index in [1.807, 2.05) is 0 Å². The lowest BCUT2D eigenvalue weighted by molar-refractivity contribution is -0.127. The molecule has 0 aromatic rings. The Balaban J connectivity index is 4.44. The van der Waals surface area contributed by atoms with Crippen LogP contribution in [-0.4, -0.2) is 30.8 Å². The van der Waals surface area contributed by atoms with Crippen LogP contribution in [0.5, 0.6) is 0 Å². The third-order valence-corrected chi connectivity index (χ3v) is 1.83. The van der Waals surface area contributed by atoms with Crippen LogP contribution < -0.4 is 16.0 Å². The van der Waals surface area contributed by atoms with Crippen molar-refractivity contribution in [2.75, 3.05) is 7.05 Å². The molecule has 0 spiro atoms. The fraction of sp³-hybridized carbons (Fsp3) is 0.500. The maximum atomic E-state index is 11.6. The highest BCUT2D eigenvalue weighted by atomic mass is 16.2. The van der Waals surface area contributed by atoms with Gasteiger partial charge in [0.2, 0.25) is 11.8 Å². The molecule has 0 bridgehead atoms. The van der Waals surface area contributed by atoms with E-state index in [0.717, 1.165) is 0 Å². The van der Waals surface area contributed by atoms with Crippen LogP contribution >= 0.6 is 0 Å². The number of amides is 3. The largest absolute Gasteiger partial charge is 0.357 e. The van der Waals surface area contributed by atoms with Crippen LogP contribution in [0.3, 0.4) is 0 Å². The number of rotatable bonds is 4. The Morgan fingerprint density at radius 2 is 1.81 bits per heavy atom. The zero-order chi connectivity index (χ0) is 12.7. The first-order chi connectivity index (χ1) is 7.42. The molecule has 0 saturated carbocycles. The molecule has 0 aliphatic carbocycles. The molecular formula is C10H17N3O3. The predicted molar refractivity (Wildman–Crippen MR) is 59.2 cm³/mol. The van der Waals surface area contributed by atoms with Crippen LogP contribution in [0.4, 0.5) is 0 Å². The second-order valence-electron chi connectivity index (χ2n) is 3.19. The zero-order valence-electron chi connectivity index (χ0n) is 9.88. The second-order valence-corrected chi connectivity index (χ2v) is 3.19. The van der Waals surface area contributed by atoms with Crippen LogP contribution in [0.15, 0.2) is 11.8 Å². The van der Waals surface area contributed by atoms with Crippen molar-refractivity contribution >= 4 is 17.7 Å². The summed E-state index contributed by atoms with van der Waals surface area (Å²) in [6.45, 7) is 4.48. The monoisotopic (exact) mass is 227 g/mol. The van der Waals surface area contributed by atoms with Gasteiger partial charge in [0.25, 0.3) is 5.91 Å². The van der Waals surface area contributed by atoms with Gasteiger partial charge in [0.1, 0.15) is 11.7 Å². The number of allylic oxidation sites excluding steroid dienone is 1. The number of carbonyl (C=O) groups is 3. The van der Waals surface area contributed by atoms with Crippen molar-refractivity contribution in [3.05, 3.63) is 11.8 Å². The van der Waals surface area contributed by atoms with Crippen LogP contribution in [0.1, 0.15) is 20.8 Å². The molecule has 6 nitrogen and oxygen atoms in total. The van der Waals surface area contributed by atoms with Gasteiger partial charge in [0.05, 0.1) is 0 Å². The van der Waals surface area contributed by atoms with Crippen LogP contribution in [-0.2, 0) is 14.4 Å². The molecule has 0 fully saturated rings. The summed E-state index contributed by atoms with van der Waals surface area (Å²) in [5.74, 6) is -1.13. The minimum atomic E-state index is -0.652. The van der Waals surface area contributed by atoms with Crippen molar-refractivity contribution < 1.29 is 14.4 Å². The molecule has 1 atom stereocenters. The minimum absolute atomic E-state index is 0.128. The molecule has 90 valence electrons. The van der Waals surface area contributed by atoms with Gasteiger partial charge >= 0.3 is 0 Å². The summed E-state index contributed by atoms with van der Waals surface area (Å²) in [4.78, 5) is 33.5. The third-order valence-electron chi connectivity index (χ3n) is 1.83. The van der Waals surface area contributed by atoms with Gasteiger partial charge in [-0.05, 0) is 13.8 Å². The number of hydrogen-bond acceptors (Lipinski definition) is 3. The van der Waals surface area contributed by atoms with Gasteiger partial charge in [-0.3, -0.25) is 14.4 Å². The molecule has 0 aliphatic heterocycles. The van der Waals surface area contributed by atoms with Crippen LogP contribution in [0.2, 0.25) is 0 Å². The van der Waals surface area contributed by atoms with Gasteiger partial charge in [-0.25, -0.2) is 0 Å². The van der Waals surface area contributed by atoms with Crippen molar-refractivity contribution in [3.63, 3.8) is 0 Å². The van der Waals surface area contributed by atoms with E-state index in [2.05, 4.69) is 16.0 Å². The van der Waals surface area contributed by atoms with E-state index in [1.54, 1.807) is 13.8 Å². The normalized spacial score (nSPS) is 12.6. The van der Waals surface area contributed by atoms with Gasteiger partial charge in [-0.15, -0.1) is 0 Å². The molecule has 0 unspecified atom stereocenters. The van der Waals surface area contributed by atoms with E-state index in [4.69, 9.17) is 0 Å². The first-order valence-electron chi connectivity index (χ1n) is 4.88. The highest BCUT2D eigenvalue weighted by molar-refractivity contribution is 5.99. The second kappa shape index (κ2) is 6.60. The average Bonchev–Trinajstić information content (AvgIpc) is 2.23. The molecule has 0 saturated heterocycles. The van der Waals surface area contributed by atoms with Gasteiger partial charge in [-0.1, -0.05) is 6.08 Å². The zero-order valence-corrected chi connectivity index (χ0v) is 9.88. The SMILES string of the molecule is C/C=C(/NC(C)=O)C(=O)N[C@@H](C)C(=O)NC. The van der Waals surface area contributed by atoms with Gasteiger partial charge in [-0.2, -0.15) is 0 Å². The van der Waals surface area contributed by atoms with E-state index >= 15 is 0 Å². The summed E-state index contributed by atoms with van der Waals surface area (Å²) >= 11 is 0. The summed E-state index contributed by atoms with van der Waals surface area (Å²) in [5.41, 5.74) is 0.128. The number of likely N-dealkylation sites (N-methyl/N-ethyl adjacent to an activating group) is 1. The van der Waals surface area contributed by atoms with E-state index < -0.39 is 11.9 Å². The number of nitrogens with one attached hydrogen (secondary N) is 3. The Bertz CT molecular complexity index is 323. The average molecular weight is 227 g/mol. The van der Waals surface area contributed by atoms with E-state index in [-0.39, 0.29) is 17.5 Å². The maximum absolute atomic E-state index is 11.6. The molecule has 0 radical (unpaired) electrons. The fourth-order valence-corrected chi connectivity index (χ4v) is 1.01. The van der Waals surface area contributed by atoms with E-state index in [9.17, 15) is 14.4 Å². The lowest BCUT2D eigenvalue weighted by Gasteiger charge is -2.14. The molecule has 0 rings (SSSR count). The molecule has 0 aromatic heterocycles. The molecule has 0 aliphatic rings. The first-order valence-corrected chi connectivity index (χ1v) is 4.88. The quantitative estimate of drug-likeness (QED) is 0.554. The lowest BCUT2D eigenvalue weighted by Crippen LogP contribution is -2.46. The topological polar surface area (TPSA) is 87.3 Å². The summed E-state index contributed by atoms with van der Waals surface area (Å²) < 4.78 is 0. The Morgan fingerprint density at radius 3 is 2.19 bits per heavy atom. The molecular weight excluding hydrogens is 210 g/mol. The highest BCUT2D eigenvalue weighted by Gasteiger charge is 2.16.